The van der Waals surface area contributed by atoms with Gasteiger partial charge in [-0.25, -0.2) is 0 Å². The number of nitrogens with zero attached hydrogens (tertiary/aromatic N) is 4. The molecule has 27 heavy (non-hydrogen) atoms. The number of hydrogen-bond acceptors (Lipinski definition) is 7. The summed E-state index contributed by atoms with van der Waals surface area (Å²) in [6, 6.07) is 11.8. The molecule has 1 aliphatic heterocycles. The van der Waals surface area contributed by atoms with Crippen molar-refractivity contribution in [3.05, 3.63) is 58.4 Å². The summed E-state index contributed by atoms with van der Waals surface area (Å²) in [4.78, 5) is 4.46. The second kappa shape index (κ2) is 6.64. The largest absolute Gasteiger partial charge is 0.497 e. The summed E-state index contributed by atoms with van der Waals surface area (Å²) in [5.74, 6) is 1.82. The number of ether oxygens (including phenoxy) is 2. The van der Waals surface area contributed by atoms with E-state index in [4.69, 9.17) is 14.0 Å². The van der Waals surface area contributed by atoms with Crippen LogP contribution in [0.2, 0.25) is 0 Å². The molecule has 8 heteroatoms. The molecule has 1 atom stereocenters. The van der Waals surface area contributed by atoms with Gasteiger partial charge in [-0.15, -0.1) is 0 Å². The molecule has 0 aliphatic carbocycles. The van der Waals surface area contributed by atoms with E-state index in [9.17, 15) is 0 Å². The van der Waals surface area contributed by atoms with Crippen molar-refractivity contribution >= 4 is 11.3 Å². The topological polar surface area (TPSA) is 75.2 Å². The number of aromatic nitrogens is 4. The van der Waals surface area contributed by atoms with Gasteiger partial charge in [-0.1, -0.05) is 17.3 Å². The summed E-state index contributed by atoms with van der Waals surface area (Å²) < 4.78 is 18.6. The van der Waals surface area contributed by atoms with Gasteiger partial charge in [0.05, 0.1) is 26.0 Å². The molecule has 0 saturated heterocycles. The lowest BCUT2D eigenvalue weighted by atomic mass is 10.1. The van der Waals surface area contributed by atoms with E-state index in [2.05, 4.69) is 15.2 Å². The van der Waals surface area contributed by atoms with Crippen molar-refractivity contribution in [1.29, 1.82) is 0 Å². The van der Waals surface area contributed by atoms with E-state index in [1.807, 2.05) is 51.8 Å². The van der Waals surface area contributed by atoms with Crippen molar-refractivity contribution in [3.8, 4) is 28.7 Å². The maximum atomic E-state index is 6.01. The molecule has 0 N–H and O–H groups in total. The SMILES string of the molecule is COc1ccc([C@@H]2Cn3nc(-c4nc(-c5ccsc5)no4)cc3CO2)cc1. The highest BCUT2D eigenvalue weighted by Crippen LogP contribution is 2.30. The van der Waals surface area contributed by atoms with Crippen LogP contribution >= 0.6 is 11.3 Å². The minimum atomic E-state index is -0.0554. The molecule has 5 rings (SSSR count). The van der Waals surface area contributed by atoms with Gasteiger partial charge in [0.2, 0.25) is 5.82 Å². The molecular formula is C19H16N4O3S. The molecule has 0 amide bonds. The number of methoxy groups -OCH3 is 1. The number of thiophene rings is 1. The Balaban J connectivity index is 1.38. The van der Waals surface area contributed by atoms with Crippen LogP contribution in [0, 0.1) is 0 Å². The van der Waals surface area contributed by atoms with Gasteiger partial charge in [0.1, 0.15) is 11.9 Å². The fourth-order valence-corrected chi connectivity index (χ4v) is 3.72. The minimum absolute atomic E-state index is 0.0554. The van der Waals surface area contributed by atoms with Crippen LogP contribution in [0.5, 0.6) is 5.75 Å². The molecule has 1 aliphatic rings. The van der Waals surface area contributed by atoms with Crippen LogP contribution in [-0.4, -0.2) is 27.0 Å². The molecule has 0 fully saturated rings. The number of hydrogen-bond donors (Lipinski definition) is 0. The normalized spacial score (nSPS) is 16.3. The fourth-order valence-electron chi connectivity index (χ4n) is 3.09. The second-order valence-electron chi connectivity index (χ2n) is 6.21. The van der Waals surface area contributed by atoms with E-state index in [0.29, 0.717) is 30.6 Å². The molecule has 136 valence electrons. The van der Waals surface area contributed by atoms with E-state index in [1.165, 1.54) is 0 Å². The van der Waals surface area contributed by atoms with Gasteiger partial charge in [0.15, 0.2) is 5.69 Å². The van der Waals surface area contributed by atoms with Crippen LogP contribution in [0.4, 0.5) is 0 Å². The first-order chi connectivity index (χ1) is 13.3. The van der Waals surface area contributed by atoms with Gasteiger partial charge < -0.3 is 14.0 Å². The monoisotopic (exact) mass is 380 g/mol. The van der Waals surface area contributed by atoms with Crippen molar-refractivity contribution in [2.24, 2.45) is 0 Å². The summed E-state index contributed by atoms with van der Waals surface area (Å²) in [6.07, 6.45) is -0.0554. The summed E-state index contributed by atoms with van der Waals surface area (Å²) in [6.45, 7) is 1.11. The highest BCUT2D eigenvalue weighted by molar-refractivity contribution is 7.08. The molecule has 3 aromatic heterocycles. The lowest BCUT2D eigenvalue weighted by Crippen LogP contribution is -2.21. The Morgan fingerprint density at radius 2 is 2.11 bits per heavy atom. The highest BCUT2D eigenvalue weighted by atomic mass is 32.1. The van der Waals surface area contributed by atoms with Crippen LogP contribution < -0.4 is 4.74 Å². The standard InChI is InChI=1S/C19H16N4O3S/c1-24-15-4-2-12(3-5-15)17-9-23-14(10-25-17)8-16(21-23)19-20-18(22-26-19)13-6-7-27-11-13/h2-8,11,17H,9-10H2,1H3/t17-/m0/s1. The summed E-state index contributed by atoms with van der Waals surface area (Å²) in [7, 11) is 1.66. The third-order valence-electron chi connectivity index (χ3n) is 4.55. The van der Waals surface area contributed by atoms with Crippen molar-refractivity contribution in [2.75, 3.05) is 7.11 Å². The third kappa shape index (κ3) is 3.02. The molecular weight excluding hydrogens is 364 g/mol. The zero-order chi connectivity index (χ0) is 18.2. The van der Waals surface area contributed by atoms with Crippen molar-refractivity contribution in [2.45, 2.75) is 19.3 Å². The average Bonchev–Trinajstić information content (AvgIpc) is 3.46. The van der Waals surface area contributed by atoms with Gasteiger partial charge in [-0.2, -0.15) is 21.4 Å². The molecule has 0 saturated carbocycles. The lowest BCUT2D eigenvalue weighted by molar-refractivity contribution is -0.00115. The van der Waals surface area contributed by atoms with Crippen molar-refractivity contribution in [1.82, 2.24) is 19.9 Å². The summed E-state index contributed by atoms with van der Waals surface area (Å²) in [5, 5.41) is 12.7. The highest BCUT2D eigenvalue weighted by Gasteiger charge is 2.24. The van der Waals surface area contributed by atoms with E-state index in [1.54, 1.807) is 18.4 Å². The Morgan fingerprint density at radius 3 is 2.89 bits per heavy atom. The van der Waals surface area contributed by atoms with Crippen molar-refractivity contribution in [3.63, 3.8) is 0 Å². The molecule has 0 spiro atoms. The van der Waals surface area contributed by atoms with Crippen LogP contribution in [0.15, 0.2) is 51.7 Å². The molecule has 4 heterocycles. The number of fused-ring (bicyclic) bond motifs is 1. The van der Waals surface area contributed by atoms with Gasteiger partial charge in [-0.3, -0.25) is 4.68 Å². The first kappa shape index (κ1) is 16.2. The maximum absolute atomic E-state index is 6.01. The Morgan fingerprint density at radius 1 is 1.22 bits per heavy atom. The van der Waals surface area contributed by atoms with Crippen LogP contribution in [0.25, 0.3) is 23.0 Å². The van der Waals surface area contributed by atoms with Gasteiger partial charge in [0, 0.05) is 10.9 Å². The molecule has 0 bridgehead atoms. The first-order valence-corrected chi connectivity index (χ1v) is 9.43. The lowest BCUT2D eigenvalue weighted by Gasteiger charge is -2.24. The maximum Gasteiger partial charge on any atom is 0.278 e. The predicted molar refractivity (Wildman–Crippen MR) is 99.4 cm³/mol. The van der Waals surface area contributed by atoms with Gasteiger partial charge in [0.25, 0.3) is 5.89 Å². The quantitative estimate of drug-likeness (QED) is 0.534. The zero-order valence-corrected chi connectivity index (χ0v) is 15.3. The Labute approximate surface area is 159 Å². The molecule has 4 aromatic rings. The number of rotatable bonds is 4. The van der Waals surface area contributed by atoms with E-state index in [-0.39, 0.29) is 6.10 Å². The smallest absolute Gasteiger partial charge is 0.278 e. The van der Waals surface area contributed by atoms with Crippen LogP contribution in [-0.2, 0) is 17.9 Å². The molecule has 7 nitrogen and oxygen atoms in total. The minimum Gasteiger partial charge on any atom is -0.497 e. The zero-order valence-electron chi connectivity index (χ0n) is 14.5. The number of benzene rings is 1. The Bertz CT molecular complexity index is 1050. The van der Waals surface area contributed by atoms with E-state index >= 15 is 0 Å². The molecule has 1 aromatic carbocycles. The van der Waals surface area contributed by atoms with Crippen molar-refractivity contribution < 1.29 is 14.0 Å². The fraction of sp³-hybridized carbons (Fsp3) is 0.211. The average molecular weight is 380 g/mol. The predicted octanol–water partition coefficient (Wildman–Crippen LogP) is 3.94. The van der Waals surface area contributed by atoms with Gasteiger partial charge in [-0.05, 0) is 35.2 Å². The Hall–Kier alpha value is -2.97. The summed E-state index contributed by atoms with van der Waals surface area (Å²) >= 11 is 1.60. The van der Waals surface area contributed by atoms with Crippen LogP contribution in [0.1, 0.15) is 17.4 Å². The van der Waals surface area contributed by atoms with E-state index < -0.39 is 0 Å². The second-order valence-corrected chi connectivity index (χ2v) is 6.99. The first-order valence-electron chi connectivity index (χ1n) is 8.49. The Kier molecular flexibility index (Phi) is 3.99. The van der Waals surface area contributed by atoms with Crippen LogP contribution in [0.3, 0.4) is 0 Å². The third-order valence-corrected chi connectivity index (χ3v) is 5.23. The van der Waals surface area contributed by atoms with E-state index in [0.717, 1.165) is 22.6 Å². The van der Waals surface area contributed by atoms with Gasteiger partial charge >= 0.3 is 0 Å². The molecule has 0 unspecified atom stereocenters. The summed E-state index contributed by atoms with van der Waals surface area (Å²) in [5.41, 5.74) is 3.70. The molecule has 0 radical (unpaired) electrons.